The van der Waals surface area contributed by atoms with Gasteiger partial charge in [-0.3, -0.25) is 9.97 Å². The number of hydrogen-bond donors (Lipinski definition) is 0. The highest BCUT2D eigenvalue weighted by Crippen LogP contribution is 2.20. The van der Waals surface area contributed by atoms with Gasteiger partial charge in [-0.25, -0.2) is 0 Å². The van der Waals surface area contributed by atoms with E-state index in [1.165, 1.54) is 11.3 Å². The zero-order valence-electron chi connectivity index (χ0n) is 14.1. The van der Waals surface area contributed by atoms with Crippen LogP contribution in [0.5, 0.6) is 0 Å². The SMILES string of the molecule is c1ccc(-c2cc(Cc3ccc(N4CCOCC4)cn3)ccn2)cc1. The Kier molecular flexibility index (Phi) is 4.70. The van der Waals surface area contributed by atoms with E-state index < -0.39 is 0 Å². The number of aromatic nitrogens is 2. The number of benzene rings is 1. The summed E-state index contributed by atoms with van der Waals surface area (Å²) in [5.74, 6) is 0. The molecule has 1 saturated heterocycles. The molecule has 1 aliphatic heterocycles. The molecule has 0 atom stereocenters. The largest absolute Gasteiger partial charge is 0.378 e. The van der Waals surface area contributed by atoms with Gasteiger partial charge in [0.25, 0.3) is 0 Å². The first kappa shape index (κ1) is 15.8. The average molecular weight is 331 g/mol. The van der Waals surface area contributed by atoms with Crippen LogP contribution in [-0.2, 0) is 11.2 Å². The van der Waals surface area contributed by atoms with Crippen molar-refractivity contribution in [1.82, 2.24) is 9.97 Å². The molecule has 1 fully saturated rings. The van der Waals surface area contributed by atoms with Gasteiger partial charge < -0.3 is 9.64 Å². The highest BCUT2D eigenvalue weighted by Gasteiger charge is 2.11. The van der Waals surface area contributed by atoms with Gasteiger partial charge in [-0.2, -0.15) is 0 Å². The minimum Gasteiger partial charge on any atom is -0.378 e. The summed E-state index contributed by atoms with van der Waals surface area (Å²) in [5.41, 5.74) is 5.61. The lowest BCUT2D eigenvalue weighted by Gasteiger charge is -2.28. The van der Waals surface area contributed by atoms with E-state index in [1.54, 1.807) is 0 Å². The number of rotatable bonds is 4. The fourth-order valence-corrected chi connectivity index (χ4v) is 3.09. The zero-order chi connectivity index (χ0) is 16.9. The van der Waals surface area contributed by atoms with Crippen molar-refractivity contribution in [2.75, 3.05) is 31.2 Å². The molecular weight excluding hydrogens is 310 g/mol. The smallest absolute Gasteiger partial charge is 0.0704 e. The maximum Gasteiger partial charge on any atom is 0.0704 e. The van der Waals surface area contributed by atoms with Crippen LogP contribution in [0.1, 0.15) is 11.3 Å². The van der Waals surface area contributed by atoms with E-state index in [0.29, 0.717) is 0 Å². The van der Waals surface area contributed by atoms with Crippen molar-refractivity contribution >= 4 is 5.69 Å². The Hall–Kier alpha value is -2.72. The lowest BCUT2D eigenvalue weighted by atomic mass is 10.1. The van der Waals surface area contributed by atoms with Gasteiger partial charge in [0, 0.05) is 37.0 Å². The average Bonchev–Trinajstić information content (AvgIpc) is 2.70. The van der Waals surface area contributed by atoms with Crippen LogP contribution in [0.25, 0.3) is 11.3 Å². The number of pyridine rings is 2. The molecule has 1 aliphatic rings. The molecule has 0 amide bonds. The molecule has 0 radical (unpaired) electrons. The van der Waals surface area contributed by atoms with Crippen LogP contribution < -0.4 is 4.90 Å². The zero-order valence-corrected chi connectivity index (χ0v) is 14.1. The summed E-state index contributed by atoms with van der Waals surface area (Å²) >= 11 is 0. The van der Waals surface area contributed by atoms with Crippen LogP contribution in [0.2, 0.25) is 0 Å². The Bertz CT molecular complexity index is 812. The number of anilines is 1. The fraction of sp³-hybridized carbons (Fsp3) is 0.238. The first-order valence-electron chi connectivity index (χ1n) is 8.66. The van der Waals surface area contributed by atoms with Gasteiger partial charge in [0.15, 0.2) is 0 Å². The van der Waals surface area contributed by atoms with E-state index >= 15 is 0 Å². The van der Waals surface area contributed by atoms with Crippen LogP contribution in [0.15, 0.2) is 67.0 Å². The third-order valence-electron chi connectivity index (χ3n) is 4.46. The van der Waals surface area contributed by atoms with Crippen LogP contribution in [0.4, 0.5) is 5.69 Å². The summed E-state index contributed by atoms with van der Waals surface area (Å²) in [6, 6.07) is 18.7. The highest BCUT2D eigenvalue weighted by molar-refractivity contribution is 5.59. The summed E-state index contributed by atoms with van der Waals surface area (Å²) in [5, 5.41) is 0. The summed E-state index contributed by atoms with van der Waals surface area (Å²) in [6.45, 7) is 3.46. The Morgan fingerprint density at radius 1 is 0.920 bits per heavy atom. The van der Waals surface area contributed by atoms with Crippen molar-refractivity contribution in [3.63, 3.8) is 0 Å². The van der Waals surface area contributed by atoms with Crippen molar-refractivity contribution < 1.29 is 4.74 Å². The second kappa shape index (κ2) is 7.45. The Balaban J connectivity index is 1.48. The molecule has 0 unspecified atom stereocenters. The normalized spacial score (nSPS) is 14.5. The summed E-state index contributed by atoms with van der Waals surface area (Å²) in [6.07, 6.45) is 4.66. The maximum absolute atomic E-state index is 5.40. The fourth-order valence-electron chi connectivity index (χ4n) is 3.09. The second-order valence-electron chi connectivity index (χ2n) is 6.20. The quantitative estimate of drug-likeness (QED) is 0.732. The van der Waals surface area contributed by atoms with E-state index in [9.17, 15) is 0 Å². The van der Waals surface area contributed by atoms with Crippen molar-refractivity contribution in [1.29, 1.82) is 0 Å². The Labute approximate surface area is 148 Å². The maximum atomic E-state index is 5.40. The van der Waals surface area contributed by atoms with Gasteiger partial charge in [0.05, 0.1) is 30.8 Å². The minimum absolute atomic E-state index is 0.793. The molecule has 4 heteroatoms. The molecule has 0 aliphatic carbocycles. The molecule has 2 aromatic heterocycles. The number of nitrogens with zero attached hydrogens (tertiary/aromatic N) is 3. The van der Waals surface area contributed by atoms with Gasteiger partial charge >= 0.3 is 0 Å². The molecule has 126 valence electrons. The first-order chi connectivity index (χ1) is 12.4. The molecule has 0 bridgehead atoms. The van der Waals surface area contributed by atoms with Gasteiger partial charge in [-0.05, 0) is 29.8 Å². The van der Waals surface area contributed by atoms with Crippen LogP contribution in [0, 0.1) is 0 Å². The van der Waals surface area contributed by atoms with Crippen LogP contribution in [0.3, 0.4) is 0 Å². The van der Waals surface area contributed by atoms with E-state index in [2.05, 4.69) is 51.3 Å². The molecule has 3 heterocycles. The Morgan fingerprint density at radius 2 is 1.76 bits per heavy atom. The molecule has 25 heavy (non-hydrogen) atoms. The lowest BCUT2D eigenvalue weighted by molar-refractivity contribution is 0.122. The highest BCUT2D eigenvalue weighted by atomic mass is 16.5. The molecule has 4 rings (SSSR count). The summed E-state index contributed by atoms with van der Waals surface area (Å²) in [4.78, 5) is 11.5. The molecule has 0 spiro atoms. The van der Waals surface area contributed by atoms with Crippen LogP contribution >= 0.6 is 0 Å². The van der Waals surface area contributed by atoms with Crippen LogP contribution in [-0.4, -0.2) is 36.3 Å². The first-order valence-corrected chi connectivity index (χ1v) is 8.66. The molecule has 3 aromatic rings. The predicted molar refractivity (Wildman–Crippen MR) is 99.7 cm³/mol. The second-order valence-corrected chi connectivity index (χ2v) is 6.20. The molecule has 0 saturated carbocycles. The van der Waals surface area contributed by atoms with Gasteiger partial charge in [0.1, 0.15) is 0 Å². The summed E-state index contributed by atoms with van der Waals surface area (Å²) in [7, 11) is 0. The van der Waals surface area contributed by atoms with E-state index in [0.717, 1.165) is 49.7 Å². The van der Waals surface area contributed by atoms with Crippen molar-refractivity contribution in [3.05, 3.63) is 78.2 Å². The van der Waals surface area contributed by atoms with E-state index in [-0.39, 0.29) is 0 Å². The molecule has 0 N–H and O–H groups in total. The minimum atomic E-state index is 0.793. The molecule has 4 nitrogen and oxygen atoms in total. The van der Waals surface area contributed by atoms with Crippen molar-refractivity contribution in [2.45, 2.75) is 6.42 Å². The lowest BCUT2D eigenvalue weighted by Crippen LogP contribution is -2.36. The van der Waals surface area contributed by atoms with Crippen molar-refractivity contribution in [2.24, 2.45) is 0 Å². The Morgan fingerprint density at radius 3 is 2.52 bits per heavy atom. The summed E-state index contributed by atoms with van der Waals surface area (Å²) < 4.78 is 5.40. The van der Waals surface area contributed by atoms with Crippen molar-refractivity contribution in [3.8, 4) is 11.3 Å². The molecular formula is C21H21N3O. The van der Waals surface area contributed by atoms with Gasteiger partial charge in [-0.1, -0.05) is 30.3 Å². The van der Waals surface area contributed by atoms with Gasteiger partial charge in [0.2, 0.25) is 0 Å². The number of ether oxygens (including phenoxy) is 1. The van der Waals surface area contributed by atoms with E-state index in [1.807, 2.05) is 30.6 Å². The predicted octanol–water partition coefficient (Wildman–Crippen LogP) is 3.57. The van der Waals surface area contributed by atoms with E-state index in [4.69, 9.17) is 4.74 Å². The monoisotopic (exact) mass is 331 g/mol. The molecule has 1 aromatic carbocycles. The topological polar surface area (TPSA) is 38.2 Å². The number of morpholine rings is 1. The standard InChI is InChI=1S/C21H21N3O/c1-2-4-18(5-3-1)21-15-17(8-9-22-21)14-19-6-7-20(16-23-19)24-10-12-25-13-11-24/h1-9,15-16H,10-14H2. The van der Waals surface area contributed by atoms with Gasteiger partial charge in [-0.15, -0.1) is 0 Å². The number of hydrogen-bond acceptors (Lipinski definition) is 4. The third-order valence-corrected chi connectivity index (χ3v) is 4.46. The third kappa shape index (κ3) is 3.86.